The third-order valence-corrected chi connectivity index (χ3v) is 6.95. The van der Waals surface area contributed by atoms with Gasteiger partial charge in [0.25, 0.3) is 5.91 Å². The molecule has 1 amide bonds. The predicted molar refractivity (Wildman–Crippen MR) is 110 cm³/mol. The Morgan fingerprint density at radius 3 is 2.48 bits per heavy atom. The van der Waals surface area contributed by atoms with Crippen LogP contribution in [0.1, 0.15) is 23.7 Å². The number of aliphatic hydroxyl groups excluding tert-OH is 3. The molecule has 1 saturated carbocycles. The number of amides is 1. The van der Waals surface area contributed by atoms with E-state index in [-0.39, 0.29) is 16.1 Å². The smallest absolute Gasteiger partial charge is 0.255 e. The Morgan fingerprint density at radius 1 is 1.27 bits per heavy atom. The number of likely N-dealkylation sites (N-methyl/N-ethyl adjacent to an activating group) is 1. The van der Waals surface area contributed by atoms with Gasteiger partial charge in [0.1, 0.15) is 28.9 Å². The maximum atomic E-state index is 13.5. The lowest BCUT2D eigenvalue weighted by Gasteiger charge is -2.50. The number of hydrogen-bond acceptors (Lipinski definition) is 10. The molecule has 3 aliphatic carbocycles. The second-order valence-electron chi connectivity index (χ2n) is 8.16. The molecule has 0 aromatic heterocycles. The van der Waals surface area contributed by atoms with E-state index in [4.69, 9.17) is 17.3 Å². The van der Waals surface area contributed by atoms with Crippen LogP contribution >= 0.6 is 11.6 Å². The Hall–Kier alpha value is -3.48. The average molecular weight is 480 g/mol. The summed E-state index contributed by atoms with van der Waals surface area (Å²) in [5.41, 5.74) is 0.139. The fraction of sp³-hybridized carbons (Fsp3) is 0.350. The molecule has 0 heterocycles. The van der Waals surface area contributed by atoms with Crippen LogP contribution in [-0.2, 0) is 14.4 Å². The van der Waals surface area contributed by atoms with Gasteiger partial charge in [-0.25, -0.2) is 0 Å². The number of Topliss-reactive ketones (excluding diaryl/α,β-unsaturated/α-hetero) is 2. The van der Waals surface area contributed by atoms with E-state index in [9.17, 15) is 44.8 Å². The largest absolute Gasteiger partial charge is 0.508 e. The molecule has 3 aliphatic rings. The standard InChI is InChI=1S/C20H18ClN3O9/c1-24(23-33)13-6-4-5-9(15(27)11-8(25)3-2-7(21)10(11)14(5)26)17(29)20(6,32)18(30)12(16(13)28)19(22)31/h2-3,5-6,13-14,25-27,30,32H,4H2,1H3,(H2,22,31)/t5?,6?,13-,14-,20-/m0/s1. The number of halogens is 1. The summed E-state index contributed by atoms with van der Waals surface area (Å²) < 4.78 is 0. The first-order chi connectivity index (χ1) is 15.4. The molecule has 174 valence electrons. The van der Waals surface area contributed by atoms with Crippen molar-refractivity contribution in [3.63, 3.8) is 0 Å². The molecular formula is C20H18ClN3O9. The molecule has 0 bridgehead atoms. The Morgan fingerprint density at radius 2 is 1.91 bits per heavy atom. The Kier molecular flexibility index (Phi) is 5.00. The summed E-state index contributed by atoms with van der Waals surface area (Å²) in [5, 5.41) is 57.4. The molecule has 33 heavy (non-hydrogen) atoms. The van der Waals surface area contributed by atoms with E-state index in [0.29, 0.717) is 5.01 Å². The molecule has 13 heteroatoms. The molecule has 0 spiro atoms. The van der Waals surface area contributed by atoms with E-state index >= 15 is 0 Å². The number of carbonyl (C=O) groups is 3. The number of phenols is 1. The van der Waals surface area contributed by atoms with Crippen LogP contribution in [0, 0.1) is 16.7 Å². The fourth-order valence-electron chi connectivity index (χ4n) is 5.13. The first kappa shape index (κ1) is 22.7. The van der Waals surface area contributed by atoms with Gasteiger partial charge >= 0.3 is 0 Å². The van der Waals surface area contributed by atoms with Crippen LogP contribution in [0.15, 0.2) is 34.3 Å². The van der Waals surface area contributed by atoms with Crippen LogP contribution in [0.4, 0.5) is 0 Å². The van der Waals surface area contributed by atoms with Crippen molar-refractivity contribution in [2.75, 3.05) is 7.05 Å². The van der Waals surface area contributed by atoms with Crippen LogP contribution in [-0.4, -0.2) is 66.7 Å². The minimum absolute atomic E-state index is 0.0316. The molecule has 7 N–H and O–H groups in total. The molecule has 0 saturated heterocycles. The second-order valence-corrected chi connectivity index (χ2v) is 8.57. The van der Waals surface area contributed by atoms with Crippen LogP contribution in [0.3, 0.4) is 0 Å². The quantitative estimate of drug-likeness (QED) is 0.196. The number of nitrogens with zero attached hydrogens (tertiary/aromatic N) is 2. The Balaban J connectivity index is 2.03. The predicted octanol–water partition coefficient (Wildman–Crippen LogP) is 0.160. The van der Waals surface area contributed by atoms with E-state index in [0.717, 1.165) is 13.1 Å². The molecule has 1 fully saturated rings. The van der Waals surface area contributed by atoms with Crippen molar-refractivity contribution in [2.45, 2.75) is 24.2 Å². The summed E-state index contributed by atoms with van der Waals surface area (Å²) in [6.45, 7) is 0. The minimum Gasteiger partial charge on any atom is -0.508 e. The molecule has 0 radical (unpaired) electrons. The first-order valence-electron chi connectivity index (χ1n) is 9.63. The average Bonchev–Trinajstić information content (AvgIpc) is 2.75. The van der Waals surface area contributed by atoms with Gasteiger partial charge in [0.05, 0.1) is 17.0 Å². The van der Waals surface area contributed by atoms with Crippen LogP contribution in [0.2, 0.25) is 5.02 Å². The van der Waals surface area contributed by atoms with Gasteiger partial charge in [-0.15, -0.1) is 4.91 Å². The number of phenolic OH excluding ortho intramolecular Hbond substituents is 1. The highest BCUT2D eigenvalue weighted by Crippen LogP contribution is 2.56. The van der Waals surface area contributed by atoms with Crippen LogP contribution < -0.4 is 5.73 Å². The topological polar surface area (TPSA) is 211 Å². The number of rotatable bonds is 3. The van der Waals surface area contributed by atoms with Crippen molar-refractivity contribution in [3.05, 3.63) is 50.1 Å². The normalized spacial score (nSPS) is 31.0. The minimum atomic E-state index is -2.97. The molecule has 2 unspecified atom stereocenters. The summed E-state index contributed by atoms with van der Waals surface area (Å²) in [6.07, 6.45) is -2.01. The maximum Gasteiger partial charge on any atom is 0.255 e. The van der Waals surface area contributed by atoms with Crippen molar-refractivity contribution in [2.24, 2.45) is 22.9 Å². The monoisotopic (exact) mass is 479 g/mol. The Bertz CT molecular complexity index is 1210. The maximum absolute atomic E-state index is 13.5. The van der Waals surface area contributed by atoms with E-state index in [1.165, 1.54) is 6.07 Å². The summed E-state index contributed by atoms with van der Waals surface area (Å²) in [5.74, 6) is -9.44. The van der Waals surface area contributed by atoms with Crippen molar-refractivity contribution >= 4 is 34.8 Å². The molecule has 1 aromatic carbocycles. The SMILES string of the molecule is CN(N=O)[C@@H]1C(=O)C(C(N)=O)=C(O)[C@@]2(O)C(=O)C3=C(O)c4c(O)ccc(Cl)c4[C@@H](O)C3CC12. The van der Waals surface area contributed by atoms with E-state index in [1.54, 1.807) is 0 Å². The molecule has 0 aliphatic heterocycles. The highest BCUT2D eigenvalue weighted by Gasteiger charge is 2.65. The number of nitroso groups, excluding NO2 is 1. The zero-order valence-corrected chi connectivity index (χ0v) is 17.6. The second kappa shape index (κ2) is 7.27. The number of fused-ring (bicyclic) bond motifs is 3. The number of hydrogen-bond donors (Lipinski definition) is 6. The number of nitrogens with two attached hydrogens (primary N) is 1. The van der Waals surface area contributed by atoms with Gasteiger partial charge in [-0.05, 0) is 18.6 Å². The third-order valence-electron chi connectivity index (χ3n) is 6.62. The highest BCUT2D eigenvalue weighted by molar-refractivity contribution is 6.32. The number of primary amides is 1. The number of ketones is 2. The summed E-state index contributed by atoms with van der Waals surface area (Å²) in [4.78, 5) is 49.6. The number of carbonyl (C=O) groups excluding carboxylic acids is 3. The van der Waals surface area contributed by atoms with Crippen molar-refractivity contribution in [3.8, 4) is 5.75 Å². The molecule has 12 nitrogen and oxygen atoms in total. The molecule has 5 atom stereocenters. The van der Waals surface area contributed by atoms with E-state index < -0.39 is 81.9 Å². The zero-order chi connectivity index (χ0) is 24.6. The van der Waals surface area contributed by atoms with Gasteiger partial charge in [0, 0.05) is 35.0 Å². The number of benzene rings is 1. The van der Waals surface area contributed by atoms with Gasteiger partial charge < -0.3 is 31.3 Å². The van der Waals surface area contributed by atoms with Gasteiger partial charge in [-0.3, -0.25) is 19.4 Å². The number of aromatic hydroxyl groups is 1. The van der Waals surface area contributed by atoms with Gasteiger partial charge in [0.15, 0.2) is 11.4 Å². The van der Waals surface area contributed by atoms with E-state index in [2.05, 4.69) is 5.29 Å². The summed E-state index contributed by atoms with van der Waals surface area (Å²) >= 11 is 6.15. The summed E-state index contributed by atoms with van der Waals surface area (Å²) in [7, 11) is 1.06. The Labute approximate surface area is 190 Å². The third kappa shape index (κ3) is 2.74. The van der Waals surface area contributed by atoms with Crippen molar-refractivity contribution in [1.82, 2.24) is 5.01 Å². The van der Waals surface area contributed by atoms with Crippen LogP contribution in [0.5, 0.6) is 5.75 Å². The lowest BCUT2D eigenvalue weighted by molar-refractivity contribution is -0.156. The zero-order valence-electron chi connectivity index (χ0n) is 16.9. The van der Waals surface area contributed by atoms with E-state index in [1.807, 2.05) is 0 Å². The van der Waals surface area contributed by atoms with Crippen LogP contribution in [0.25, 0.3) is 5.76 Å². The lowest BCUT2D eigenvalue weighted by Crippen LogP contribution is -2.65. The lowest BCUT2D eigenvalue weighted by atomic mass is 9.57. The van der Waals surface area contributed by atoms with Crippen molar-refractivity contribution < 1.29 is 39.9 Å². The van der Waals surface area contributed by atoms with Gasteiger partial charge in [0.2, 0.25) is 5.78 Å². The van der Waals surface area contributed by atoms with Gasteiger partial charge in [-0.2, -0.15) is 0 Å². The molecular weight excluding hydrogens is 462 g/mol. The van der Waals surface area contributed by atoms with Crippen molar-refractivity contribution in [1.29, 1.82) is 0 Å². The first-order valence-corrected chi connectivity index (χ1v) is 10.0. The summed E-state index contributed by atoms with van der Waals surface area (Å²) in [6, 6.07) is 0.688. The number of aliphatic hydroxyl groups is 4. The molecule has 4 rings (SSSR count). The highest BCUT2D eigenvalue weighted by atomic mass is 35.5. The van der Waals surface area contributed by atoms with Gasteiger partial charge in [-0.1, -0.05) is 11.6 Å². The molecule has 1 aromatic rings. The fourth-order valence-corrected chi connectivity index (χ4v) is 5.40.